The highest BCUT2D eigenvalue weighted by Crippen LogP contribution is 2.17. The van der Waals surface area contributed by atoms with Gasteiger partial charge >= 0.3 is 0 Å². The van der Waals surface area contributed by atoms with E-state index < -0.39 is 0 Å². The molecule has 1 unspecified atom stereocenters. The average Bonchev–Trinajstić information content (AvgIpc) is 3.12. The molecule has 3 rings (SSSR count). The van der Waals surface area contributed by atoms with Gasteiger partial charge in [0.1, 0.15) is 0 Å². The summed E-state index contributed by atoms with van der Waals surface area (Å²) in [5.74, 6) is 1.96. The van der Waals surface area contributed by atoms with E-state index in [0.29, 0.717) is 17.0 Å². The lowest BCUT2D eigenvalue weighted by molar-refractivity contribution is -0.116. The maximum atomic E-state index is 12.1. The highest BCUT2D eigenvalue weighted by molar-refractivity contribution is 7.99. The molecule has 2 aromatic rings. The molecule has 134 valence electrons. The molecule has 0 spiro atoms. The second kappa shape index (κ2) is 9.82. The molecule has 1 aliphatic heterocycles. The molecular weight excluding hydrogens is 378 g/mol. The van der Waals surface area contributed by atoms with Crippen LogP contribution in [0.5, 0.6) is 0 Å². The third-order valence-corrected chi connectivity index (χ3v) is 5.60. The largest absolute Gasteiger partial charge is 0.326 e. The Bertz CT molecular complexity index is 686. The Morgan fingerprint density at radius 1 is 1.12 bits per heavy atom. The van der Waals surface area contributed by atoms with Crippen molar-refractivity contribution in [1.29, 1.82) is 0 Å². The van der Waals surface area contributed by atoms with E-state index in [1.807, 2.05) is 23.2 Å². The maximum Gasteiger partial charge on any atom is 0.265 e. The summed E-state index contributed by atoms with van der Waals surface area (Å²) >= 11 is 3.28. The minimum atomic E-state index is -0.123. The van der Waals surface area contributed by atoms with Crippen LogP contribution in [0.2, 0.25) is 0 Å². The number of carbonyl (C=O) groups excluding carboxylic acids is 2. The summed E-state index contributed by atoms with van der Waals surface area (Å²) in [5.41, 5.74) is 1.44. The van der Waals surface area contributed by atoms with Gasteiger partial charge in [0.2, 0.25) is 5.91 Å². The van der Waals surface area contributed by atoms with Gasteiger partial charge in [0.15, 0.2) is 0 Å². The normalized spacial score (nSPS) is 16.6. The summed E-state index contributed by atoms with van der Waals surface area (Å²) < 4.78 is 0. The number of hydrogen-bond donors (Lipinski definition) is 3. The van der Waals surface area contributed by atoms with Crippen molar-refractivity contribution in [2.75, 3.05) is 28.7 Å². The molecule has 1 aromatic carbocycles. The predicted molar refractivity (Wildman–Crippen MR) is 108 cm³/mol. The van der Waals surface area contributed by atoms with E-state index in [1.54, 1.807) is 30.3 Å². The molecule has 5 nitrogen and oxygen atoms in total. The van der Waals surface area contributed by atoms with Crippen molar-refractivity contribution in [3.8, 4) is 0 Å². The lowest BCUT2D eigenvalue weighted by Gasteiger charge is -2.22. The van der Waals surface area contributed by atoms with Crippen LogP contribution in [0.4, 0.5) is 11.4 Å². The Morgan fingerprint density at radius 2 is 1.84 bits per heavy atom. The molecule has 1 aromatic heterocycles. The van der Waals surface area contributed by atoms with Crippen molar-refractivity contribution >= 4 is 58.7 Å². The number of rotatable bonds is 5. The van der Waals surface area contributed by atoms with Gasteiger partial charge in [0.25, 0.3) is 5.91 Å². The predicted octanol–water partition coefficient (Wildman–Crippen LogP) is 3.46. The molecule has 1 aliphatic rings. The summed E-state index contributed by atoms with van der Waals surface area (Å²) in [7, 11) is 0. The average molecular weight is 398 g/mol. The van der Waals surface area contributed by atoms with Gasteiger partial charge in [0.05, 0.1) is 4.88 Å². The van der Waals surface area contributed by atoms with Gasteiger partial charge < -0.3 is 16.0 Å². The molecule has 2 amide bonds. The van der Waals surface area contributed by atoms with Crippen LogP contribution in [0.25, 0.3) is 0 Å². The van der Waals surface area contributed by atoms with Crippen LogP contribution in [-0.2, 0) is 4.79 Å². The van der Waals surface area contributed by atoms with E-state index in [2.05, 4.69) is 16.0 Å². The molecule has 2 heterocycles. The summed E-state index contributed by atoms with van der Waals surface area (Å²) in [6, 6.07) is 11.0. The lowest BCUT2D eigenvalue weighted by Crippen LogP contribution is -2.39. The molecule has 1 fully saturated rings. The fraction of sp³-hybridized carbons (Fsp3) is 0.294. The number of hydrogen-bond acceptors (Lipinski definition) is 5. The van der Waals surface area contributed by atoms with Crippen molar-refractivity contribution in [1.82, 2.24) is 5.32 Å². The highest BCUT2D eigenvalue weighted by Gasteiger charge is 2.16. The van der Waals surface area contributed by atoms with E-state index in [0.717, 1.165) is 23.7 Å². The first kappa shape index (κ1) is 19.8. The number of anilines is 2. The molecule has 1 atom stereocenters. The molecule has 0 radical (unpaired) electrons. The number of amides is 2. The molecule has 0 saturated carbocycles. The zero-order valence-corrected chi connectivity index (χ0v) is 15.9. The second-order valence-electron chi connectivity index (χ2n) is 5.49. The topological polar surface area (TPSA) is 70.2 Å². The van der Waals surface area contributed by atoms with Gasteiger partial charge in [-0.15, -0.1) is 23.7 Å². The smallest absolute Gasteiger partial charge is 0.265 e. The standard InChI is InChI=1S/C17H19N3O2S2.ClH/c21-16(10-14-11-23-9-7-18-14)19-12-3-5-13(6-4-12)20-17(22)15-2-1-8-24-15;/h1-6,8,14,18H,7,9-11H2,(H,19,21)(H,20,22);1H. The number of halogens is 1. The van der Waals surface area contributed by atoms with E-state index in [9.17, 15) is 9.59 Å². The summed E-state index contributed by atoms with van der Waals surface area (Å²) in [6.07, 6.45) is 0.476. The van der Waals surface area contributed by atoms with E-state index >= 15 is 0 Å². The molecule has 1 saturated heterocycles. The Balaban J connectivity index is 0.00000225. The van der Waals surface area contributed by atoms with E-state index in [-0.39, 0.29) is 30.3 Å². The first-order chi connectivity index (χ1) is 11.7. The highest BCUT2D eigenvalue weighted by atomic mass is 35.5. The van der Waals surface area contributed by atoms with Gasteiger partial charge in [-0.1, -0.05) is 6.07 Å². The minimum Gasteiger partial charge on any atom is -0.326 e. The van der Waals surface area contributed by atoms with E-state index in [4.69, 9.17) is 0 Å². The van der Waals surface area contributed by atoms with Crippen molar-refractivity contribution in [2.24, 2.45) is 0 Å². The number of thiophene rings is 1. The van der Waals surface area contributed by atoms with Crippen molar-refractivity contribution in [2.45, 2.75) is 12.5 Å². The number of thioether (sulfide) groups is 1. The summed E-state index contributed by atoms with van der Waals surface area (Å²) in [5, 5.41) is 11.0. The quantitative estimate of drug-likeness (QED) is 0.722. The Hall–Kier alpha value is -1.54. The first-order valence-electron chi connectivity index (χ1n) is 7.76. The van der Waals surface area contributed by atoms with Crippen LogP contribution < -0.4 is 16.0 Å². The van der Waals surface area contributed by atoms with Gasteiger partial charge in [-0.2, -0.15) is 11.8 Å². The zero-order chi connectivity index (χ0) is 16.8. The minimum absolute atomic E-state index is 0. The Kier molecular flexibility index (Phi) is 7.77. The van der Waals surface area contributed by atoms with E-state index in [1.165, 1.54) is 11.3 Å². The van der Waals surface area contributed by atoms with Gasteiger partial charge in [-0.05, 0) is 35.7 Å². The van der Waals surface area contributed by atoms with Gasteiger partial charge in [-0.3, -0.25) is 9.59 Å². The van der Waals surface area contributed by atoms with Crippen LogP contribution >= 0.6 is 35.5 Å². The molecule has 0 aliphatic carbocycles. The number of nitrogens with one attached hydrogen (secondary N) is 3. The van der Waals surface area contributed by atoms with Crippen molar-refractivity contribution in [3.05, 3.63) is 46.7 Å². The zero-order valence-electron chi connectivity index (χ0n) is 13.5. The van der Waals surface area contributed by atoms with Crippen LogP contribution in [-0.4, -0.2) is 35.9 Å². The molecule has 3 N–H and O–H groups in total. The first-order valence-corrected chi connectivity index (χ1v) is 9.80. The second-order valence-corrected chi connectivity index (χ2v) is 7.58. The van der Waals surface area contributed by atoms with Crippen molar-refractivity contribution < 1.29 is 9.59 Å². The number of benzene rings is 1. The summed E-state index contributed by atoms with van der Waals surface area (Å²) in [6.45, 7) is 0.960. The fourth-order valence-corrected chi connectivity index (χ4v) is 3.99. The third-order valence-electron chi connectivity index (χ3n) is 3.60. The summed E-state index contributed by atoms with van der Waals surface area (Å²) in [4.78, 5) is 24.7. The Labute approximate surface area is 161 Å². The monoisotopic (exact) mass is 397 g/mol. The van der Waals surface area contributed by atoms with Crippen molar-refractivity contribution in [3.63, 3.8) is 0 Å². The SMILES string of the molecule is Cl.O=C(CC1CSCCN1)Nc1ccc(NC(=O)c2cccs2)cc1. The van der Waals surface area contributed by atoms with Crippen LogP contribution in [0.15, 0.2) is 41.8 Å². The van der Waals surface area contributed by atoms with Crippen LogP contribution in [0.3, 0.4) is 0 Å². The van der Waals surface area contributed by atoms with Gasteiger partial charge in [-0.25, -0.2) is 0 Å². The molecular formula is C17H20ClN3O2S2. The fourth-order valence-electron chi connectivity index (χ4n) is 2.42. The van der Waals surface area contributed by atoms with Crippen LogP contribution in [0, 0.1) is 0 Å². The number of carbonyl (C=O) groups is 2. The van der Waals surface area contributed by atoms with Crippen LogP contribution in [0.1, 0.15) is 16.1 Å². The molecule has 8 heteroatoms. The Morgan fingerprint density at radius 3 is 2.44 bits per heavy atom. The molecule has 25 heavy (non-hydrogen) atoms. The lowest BCUT2D eigenvalue weighted by atomic mass is 10.2. The van der Waals surface area contributed by atoms with Gasteiger partial charge in [0, 0.05) is 41.9 Å². The third kappa shape index (κ3) is 6.04. The molecule has 0 bridgehead atoms. The maximum absolute atomic E-state index is 12.1.